The standard InChI is InChI=1S/C24H26ClN3O4/c1-2-26(12-13-29)22(30)16-6-5-11-27(15-16)20-10-4-9-19-21(20)24(32)28(23(19)31)18-8-3-7-17(25)14-18/h3-4,7-10,14,16,29H,2,5-6,11-13,15H2,1H3/t16-/m0/s1. The molecule has 168 valence electrons. The van der Waals surface area contributed by atoms with Crippen LogP contribution in [0.4, 0.5) is 11.4 Å². The van der Waals surface area contributed by atoms with Crippen LogP contribution in [0.5, 0.6) is 0 Å². The first-order valence-corrected chi connectivity index (χ1v) is 11.3. The van der Waals surface area contributed by atoms with Gasteiger partial charge in [-0.1, -0.05) is 23.7 Å². The lowest BCUT2D eigenvalue weighted by Crippen LogP contribution is -2.46. The van der Waals surface area contributed by atoms with E-state index in [9.17, 15) is 19.5 Å². The van der Waals surface area contributed by atoms with E-state index in [1.807, 2.05) is 17.9 Å². The number of carbonyl (C=O) groups is 3. The van der Waals surface area contributed by atoms with E-state index in [0.29, 0.717) is 53.7 Å². The molecule has 8 heteroatoms. The Balaban J connectivity index is 1.63. The van der Waals surface area contributed by atoms with Crippen LogP contribution in [-0.2, 0) is 4.79 Å². The molecule has 2 heterocycles. The van der Waals surface area contributed by atoms with Crippen LogP contribution >= 0.6 is 11.6 Å². The van der Waals surface area contributed by atoms with E-state index in [0.717, 1.165) is 17.7 Å². The van der Waals surface area contributed by atoms with Gasteiger partial charge < -0.3 is 14.9 Å². The Morgan fingerprint density at radius 2 is 1.97 bits per heavy atom. The van der Waals surface area contributed by atoms with Gasteiger partial charge in [-0.3, -0.25) is 14.4 Å². The number of anilines is 2. The number of likely N-dealkylation sites (N-methyl/N-ethyl adjacent to an activating group) is 1. The minimum atomic E-state index is -0.383. The van der Waals surface area contributed by atoms with Crippen LogP contribution in [0.3, 0.4) is 0 Å². The van der Waals surface area contributed by atoms with Crippen LogP contribution in [0.15, 0.2) is 42.5 Å². The van der Waals surface area contributed by atoms with E-state index in [1.165, 1.54) is 0 Å². The number of hydrogen-bond acceptors (Lipinski definition) is 5. The van der Waals surface area contributed by atoms with Crippen molar-refractivity contribution in [2.45, 2.75) is 19.8 Å². The predicted molar refractivity (Wildman–Crippen MR) is 123 cm³/mol. The smallest absolute Gasteiger partial charge is 0.268 e. The van der Waals surface area contributed by atoms with Gasteiger partial charge in [0.2, 0.25) is 5.91 Å². The molecule has 0 saturated carbocycles. The van der Waals surface area contributed by atoms with Gasteiger partial charge in [0.15, 0.2) is 0 Å². The van der Waals surface area contributed by atoms with Crippen LogP contribution in [0.25, 0.3) is 0 Å². The zero-order valence-corrected chi connectivity index (χ0v) is 18.7. The quantitative estimate of drug-likeness (QED) is 0.676. The summed E-state index contributed by atoms with van der Waals surface area (Å²) in [7, 11) is 0. The van der Waals surface area contributed by atoms with Crippen LogP contribution in [0.1, 0.15) is 40.5 Å². The van der Waals surface area contributed by atoms with E-state index in [2.05, 4.69) is 0 Å². The predicted octanol–water partition coefficient (Wildman–Crippen LogP) is 3.20. The number of carbonyl (C=O) groups excluding carboxylic acids is 3. The molecule has 0 aliphatic carbocycles. The lowest BCUT2D eigenvalue weighted by Gasteiger charge is -2.36. The van der Waals surface area contributed by atoms with Crippen molar-refractivity contribution in [1.82, 2.24) is 4.90 Å². The number of imide groups is 1. The Kier molecular flexibility index (Phi) is 6.48. The van der Waals surface area contributed by atoms with Gasteiger partial charge in [0, 0.05) is 31.2 Å². The monoisotopic (exact) mass is 455 g/mol. The number of benzene rings is 2. The number of hydrogen-bond donors (Lipinski definition) is 1. The van der Waals surface area contributed by atoms with Crippen molar-refractivity contribution >= 4 is 40.7 Å². The molecule has 0 spiro atoms. The minimum Gasteiger partial charge on any atom is -0.395 e. The maximum absolute atomic E-state index is 13.4. The number of nitrogens with zero attached hydrogens (tertiary/aromatic N) is 3. The summed E-state index contributed by atoms with van der Waals surface area (Å²) in [5.74, 6) is -0.963. The number of aliphatic hydroxyl groups is 1. The number of piperidine rings is 1. The van der Waals surface area contributed by atoms with Crippen molar-refractivity contribution in [3.63, 3.8) is 0 Å². The SMILES string of the molecule is CCN(CCO)C(=O)[C@H]1CCCN(c2cccc3c2C(=O)N(c2cccc(Cl)c2)C3=O)C1. The van der Waals surface area contributed by atoms with Gasteiger partial charge in [-0.25, -0.2) is 4.90 Å². The number of fused-ring (bicyclic) bond motifs is 1. The van der Waals surface area contributed by atoms with Crippen molar-refractivity contribution in [1.29, 1.82) is 0 Å². The second-order valence-electron chi connectivity index (χ2n) is 8.05. The topological polar surface area (TPSA) is 81.2 Å². The third kappa shape index (κ3) is 3.98. The first-order chi connectivity index (χ1) is 15.5. The zero-order valence-electron chi connectivity index (χ0n) is 18.0. The third-order valence-corrected chi connectivity index (χ3v) is 6.37. The van der Waals surface area contributed by atoms with Crippen LogP contribution in [-0.4, -0.2) is 60.5 Å². The lowest BCUT2D eigenvalue weighted by atomic mass is 9.94. The highest BCUT2D eigenvalue weighted by Gasteiger charge is 2.40. The summed E-state index contributed by atoms with van der Waals surface area (Å²) in [5.41, 5.74) is 1.83. The van der Waals surface area contributed by atoms with Crippen molar-refractivity contribution in [2.24, 2.45) is 5.92 Å². The van der Waals surface area contributed by atoms with Crippen molar-refractivity contribution in [3.8, 4) is 0 Å². The Bertz CT molecular complexity index is 1060. The Hall–Kier alpha value is -2.90. The van der Waals surface area contributed by atoms with Gasteiger partial charge in [-0.15, -0.1) is 0 Å². The summed E-state index contributed by atoms with van der Waals surface area (Å²) in [5, 5.41) is 9.70. The van der Waals surface area contributed by atoms with Gasteiger partial charge in [0.05, 0.1) is 35.0 Å². The second kappa shape index (κ2) is 9.30. The third-order valence-electron chi connectivity index (χ3n) is 6.13. The molecule has 0 radical (unpaired) electrons. The molecular formula is C24H26ClN3O4. The molecule has 0 aromatic heterocycles. The van der Waals surface area contributed by atoms with Gasteiger partial charge in [-0.05, 0) is 50.1 Å². The molecule has 2 aliphatic rings. The van der Waals surface area contributed by atoms with Crippen LogP contribution < -0.4 is 9.80 Å². The van der Waals surface area contributed by atoms with E-state index in [1.54, 1.807) is 41.3 Å². The van der Waals surface area contributed by atoms with Crippen molar-refractivity contribution < 1.29 is 19.5 Å². The maximum atomic E-state index is 13.4. The van der Waals surface area contributed by atoms with E-state index in [4.69, 9.17) is 11.6 Å². The van der Waals surface area contributed by atoms with Crippen LogP contribution in [0, 0.1) is 5.92 Å². The summed E-state index contributed by atoms with van der Waals surface area (Å²) >= 11 is 6.08. The minimum absolute atomic E-state index is 0.0155. The Morgan fingerprint density at radius 3 is 2.69 bits per heavy atom. The molecule has 2 aromatic rings. The van der Waals surface area contributed by atoms with Crippen molar-refractivity contribution in [3.05, 3.63) is 58.6 Å². The molecule has 1 atom stereocenters. The lowest BCUT2D eigenvalue weighted by molar-refractivity contribution is -0.136. The molecule has 1 N–H and O–H groups in total. The number of amides is 3. The highest BCUT2D eigenvalue weighted by atomic mass is 35.5. The largest absolute Gasteiger partial charge is 0.395 e. The first-order valence-electron chi connectivity index (χ1n) is 10.9. The molecular weight excluding hydrogens is 430 g/mol. The zero-order chi connectivity index (χ0) is 22.8. The van der Waals surface area contributed by atoms with E-state index >= 15 is 0 Å². The van der Waals surface area contributed by atoms with Gasteiger partial charge in [-0.2, -0.15) is 0 Å². The fraction of sp³-hybridized carbons (Fsp3) is 0.375. The van der Waals surface area contributed by atoms with Crippen molar-refractivity contribution in [2.75, 3.05) is 42.6 Å². The molecule has 1 saturated heterocycles. The molecule has 2 aromatic carbocycles. The van der Waals surface area contributed by atoms with Gasteiger partial charge in [0.1, 0.15) is 0 Å². The fourth-order valence-electron chi connectivity index (χ4n) is 4.58. The Labute approximate surface area is 192 Å². The molecule has 0 unspecified atom stereocenters. The number of rotatable bonds is 6. The molecule has 4 rings (SSSR count). The summed E-state index contributed by atoms with van der Waals surface area (Å²) in [6, 6.07) is 11.9. The first kappa shape index (κ1) is 22.3. The van der Waals surface area contributed by atoms with Gasteiger partial charge >= 0.3 is 0 Å². The van der Waals surface area contributed by atoms with E-state index < -0.39 is 0 Å². The molecule has 3 amide bonds. The number of halogens is 1. The highest BCUT2D eigenvalue weighted by molar-refractivity contribution is 6.37. The molecule has 0 bridgehead atoms. The normalized spacial score (nSPS) is 18.2. The maximum Gasteiger partial charge on any atom is 0.268 e. The Morgan fingerprint density at radius 1 is 1.19 bits per heavy atom. The summed E-state index contributed by atoms with van der Waals surface area (Å²) in [4.78, 5) is 44.3. The number of aliphatic hydroxyl groups excluding tert-OH is 1. The molecule has 2 aliphatic heterocycles. The molecule has 7 nitrogen and oxygen atoms in total. The highest BCUT2D eigenvalue weighted by Crippen LogP contribution is 2.36. The van der Waals surface area contributed by atoms with Crippen LogP contribution in [0.2, 0.25) is 5.02 Å². The second-order valence-corrected chi connectivity index (χ2v) is 8.49. The average molecular weight is 456 g/mol. The summed E-state index contributed by atoms with van der Waals surface area (Å²) in [6.07, 6.45) is 1.56. The fourth-order valence-corrected chi connectivity index (χ4v) is 4.77. The molecule has 32 heavy (non-hydrogen) atoms. The molecule has 1 fully saturated rings. The van der Waals surface area contributed by atoms with Gasteiger partial charge in [0.25, 0.3) is 11.8 Å². The summed E-state index contributed by atoms with van der Waals surface area (Å²) < 4.78 is 0. The van der Waals surface area contributed by atoms with E-state index in [-0.39, 0.29) is 30.2 Å². The average Bonchev–Trinajstić information content (AvgIpc) is 3.07. The summed E-state index contributed by atoms with van der Waals surface area (Å²) in [6.45, 7) is 3.85.